The number of carbonyl (C=O) groups excluding carboxylic acids is 1. The van der Waals surface area contributed by atoms with Crippen molar-refractivity contribution in [2.75, 3.05) is 61.5 Å². The van der Waals surface area contributed by atoms with Gasteiger partial charge in [-0.2, -0.15) is 0 Å². The van der Waals surface area contributed by atoms with Gasteiger partial charge in [0.05, 0.1) is 29.8 Å². The van der Waals surface area contributed by atoms with Crippen LogP contribution in [0, 0.1) is 19.8 Å². The van der Waals surface area contributed by atoms with Crippen LogP contribution in [0.1, 0.15) is 28.5 Å². The molecule has 2 rings (SSSR count). The highest BCUT2D eigenvalue weighted by Gasteiger charge is 2.29. The number of likely N-dealkylation sites (N-methyl/N-ethyl adjacent to an activating group) is 1. The molecule has 3 atom stereocenters. The Kier molecular flexibility index (Phi) is 11.9. The van der Waals surface area contributed by atoms with Crippen LogP contribution in [0.2, 0.25) is 0 Å². The van der Waals surface area contributed by atoms with Gasteiger partial charge in [0.25, 0.3) is 11.5 Å². The van der Waals surface area contributed by atoms with E-state index in [4.69, 9.17) is 24.7 Å². The number of fused-ring (bicyclic) bond motifs is 1. The molecule has 0 spiro atoms. The topological polar surface area (TPSA) is 130 Å². The maximum atomic E-state index is 13.6. The van der Waals surface area contributed by atoms with E-state index in [2.05, 4.69) is 10.3 Å². The maximum absolute atomic E-state index is 13.6. The predicted octanol–water partition coefficient (Wildman–Crippen LogP) is 0.878. The first-order chi connectivity index (χ1) is 17.1. The third kappa shape index (κ3) is 7.79. The summed E-state index contributed by atoms with van der Waals surface area (Å²) in [5.41, 5.74) is 8.50. The quantitative estimate of drug-likeness (QED) is 0.337. The van der Waals surface area contributed by atoms with Crippen molar-refractivity contribution in [3.8, 4) is 0 Å². The Balaban J connectivity index is 2.55. The lowest BCUT2D eigenvalue weighted by Gasteiger charge is -2.31. The van der Waals surface area contributed by atoms with E-state index in [-0.39, 0.29) is 44.4 Å². The van der Waals surface area contributed by atoms with Crippen molar-refractivity contribution in [3.63, 3.8) is 0 Å². The molecular formula is C25H41N5O6. The molecule has 11 heteroatoms. The lowest BCUT2D eigenvalue weighted by Crippen LogP contribution is -2.44. The summed E-state index contributed by atoms with van der Waals surface area (Å²) in [5.74, 6) is -0.735. The van der Waals surface area contributed by atoms with Crippen molar-refractivity contribution in [3.05, 3.63) is 39.3 Å². The highest BCUT2D eigenvalue weighted by molar-refractivity contribution is 5.94. The molecule has 0 saturated heterocycles. The van der Waals surface area contributed by atoms with Gasteiger partial charge in [-0.3, -0.25) is 9.59 Å². The second-order valence-corrected chi connectivity index (χ2v) is 9.18. The summed E-state index contributed by atoms with van der Waals surface area (Å²) < 4.78 is 23.5. The molecule has 0 saturated carbocycles. The van der Waals surface area contributed by atoms with E-state index < -0.39 is 17.6 Å². The zero-order valence-corrected chi connectivity index (χ0v) is 22.5. The zero-order chi connectivity index (χ0) is 26.8. The zero-order valence-electron chi connectivity index (χ0n) is 22.5. The van der Waals surface area contributed by atoms with Crippen LogP contribution < -0.4 is 16.6 Å². The third-order valence-corrected chi connectivity index (χ3v) is 6.19. The molecule has 0 radical (unpaired) electrons. The summed E-state index contributed by atoms with van der Waals surface area (Å²) in [4.78, 5) is 33.0. The van der Waals surface area contributed by atoms with E-state index in [1.54, 1.807) is 4.57 Å². The molecule has 0 aliphatic rings. The summed E-state index contributed by atoms with van der Waals surface area (Å²) in [5, 5.41) is 2.79. The third-order valence-electron chi connectivity index (χ3n) is 6.19. The van der Waals surface area contributed by atoms with E-state index >= 15 is 0 Å². The molecule has 36 heavy (non-hydrogen) atoms. The number of ether oxygens (including phenoxy) is 4. The van der Waals surface area contributed by atoms with Crippen molar-refractivity contribution < 1.29 is 23.7 Å². The van der Waals surface area contributed by atoms with E-state index in [1.807, 2.05) is 51.9 Å². The first-order valence-electron chi connectivity index (χ1n) is 12.0. The number of hydrogen-bond donors (Lipinski definition) is 2. The number of hydrogen-bond acceptors (Lipinski definition) is 9. The fourth-order valence-corrected chi connectivity index (χ4v) is 3.84. The fraction of sp³-hybridized carbons (Fsp3) is 0.640. The van der Waals surface area contributed by atoms with Crippen molar-refractivity contribution in [2.24, 2.45) is 11.7 Å². The Bertz CT molecular complexity index is 1060. The van der Waals surface area contributed by atoms with Crippen LogP contribution in [-0.2, 0) is 25.5 Å². The first kappa shape index (κ1) is 29.8. The molecule has 0 aliphatic heterocycles. The van der Waals surface area contributed by atoms with Crippen LogP contribution in [0.25, 0.3) is 11.0 Å². The van der Waals surface area contributed by atoms with Crippen LogP contribution >= 0.6 is 0 Å². The largest absolute Gasteiger partial charge is 0.359 e. The molecule has 1 aromatic heterocycles. The van der Waals surface area contributed by atoms with Crippen LogP contribution in [0.5, 0.6) is 0 Å². The molecule has 202 valence electrons. The van der Waals surface area contributed by atoms with Crippen molar-refractivity contribution in [1.29, 1.82) is 0 Å². The predicted molar refractivity (Wildman–Crippen MR) is 138 cm³/mol. The Morgan fingerprint density at radius 1 is 1.11 bits per heavy atom. The molecule has 0 aliphatic carbocycles. The molecule has 0 fully saturated rings. The van der Waals surface area contributed by atoms with Gasteiger partial charge in [-0.05, 0) is 51.2 Å². The van der Waals surface area contributed by atoms with Crippen LogP contribution in [-0.4, -0.2) is 94.1 Å². The Morgan fingerprint density at radius 3 is 2.31 bits per heavy atom. The number of carbonyl (C=O) groups is 1. The number of rotatable bonds is 15. The van der Waals surface area contributed by atoms with Gasteiger partial charge in [0.1, 0.15) is 13.6 Å². The number of methoxy groups -OCH3 is 2. The van der Waals surface area contributed by atoms with Gasteiger partial charge in [0, 0.05) is 39.8 Å². The van der Waals surface area contributed by atoms with Crippen molar-refractivity contribution >= 4 is 16.9 Å². The smallest absolute Gasteiger partial charge is 0.282 e. The molecule has 2 aromatic rings. The van der Waals surface area contributed by atoms with Gasteiger partial charge in [-0.1, -0.05) is 6.92 Å². The molecule has 11 nitrogen and oxygen atoms in total. The second kappa shape index (κ2) is 14.4. The number of aromatic nitrogens is 2. The van der Waals surface area contributed by atoms with Gasteiger partial charge < -0.3 is 39.5 Å². The van der Waals surface area contributed by atoms with E-state index in [1.165, 1.54) is 14.2 Å². The Labute approximate surface area is 212 Å². The molecule has 1 heterocycles. The van der Waals surface area contributed by atoms with E-state index in [9.17, 15) is 9.59 Å². The number of nitrogens with zero attached hydrogens (tertiary/aromatic N) is 3. The lowest BCUT2D eigenvalue weighted by molar-refractivity contribution is -0.140. The minimum atomic E-state index is -0.513. The van der Waals surface area contributed by atoms with Gasteiger partial charge in [0.2, 0.25) is 0 Å². The molecule has 3 N–H and O–H groups in total. The molecule has 1 amide bonds. The minimum absolute atomic E-state index is 0.0182. The van der Waals surface area contributed by atoms with E-state index in [0.29, 0.717) is 24.1 Å². The monoisotopic (exact) mass is 507 g/mol. The number of benzene rings is 1. The lowest BCUT2D eigenvalue weighted by atomic mass is 9.97. The number of aryl methyl sites for hydroxylation is 2. The van der Waals surface area contributed by atoms with Gasteiger partial charge >= 0.3 is 0 Å². The normalized spacial score (nSPS) is 14.2. The molecule has 0 bridgehead atoms. The summed E-state index contributed by atoms with van der Waals surface area (Å²) >= 11 is 0. The van der Waals surface area contributed by atoms with Gasteiger partial charge in [-0.25, -0.2) is 4.98 Å². The maximum Gasteiger partial charge on any atom is 0.282 e. The molecule has 0 unspecified atom stereocenters. The van der Waals surface area contributed by atoms with E-state index in [0.717, 1.165) is 11.1 Å². The minimum Gasteiger partial charge on any atom is -0.359 e. The van der Waals surface area contributed by atoms with Crippen molar-refractivity contribution in [2.45, 2.75) is 39.5 Å². The van der Waals surface area contributed by atoms with Crippen molar-refractivity contribution in [1.82, 2.24) is 19.8 Å². The number of nitrogens with two attached hydrogens (primary N) is 1. The summed E-state index contributed by atoms with van der Waals surface area (Å²) in [6.45, 7) is 7.39. The molecule has 1 aromatic carbocycles. The standard InChI is InChI=1S/C25H41N5O6/c1-16-10-19-20(11-17(16)2)30(25(32)23(28-19)24(31)27-8-9-29(4)5)13-22(36-15-34-7)18(3)21(12-26)35-14-33-6/h10-11,18,21-22H,8-9,12-15,26H2,1-7H3,(H,27,31)/t18-,21-,22+/m1/s1. The SMILES string of the molecule is COCO[C@@H](Cn1c(=O)c(C(=O)NCCN(C)C)nc2cc(C)c(C)cc21)[C@H](C)[C@@H](CN)OCOC. The second-order valence-electron chi connectivity index (χ2n) is 9.18. The highest BCUT2D eigenvalue weighted by atomic mass is 16.7. The summed E-state index contributed by atoms with van der Waals surface area (Å²) in [6.07, 6.45) is -0.890. The Morgan fingerprint density at radius 2 is 1.72 bits per heavy atom. The van der Waals surface area contributed by atoms with Crippen LogP contribution in [0.15, 0.2) is 16.9 Å². The van der Waals surface area contributed by atoms with Crippen LogP contribution in [0.4, 0.5) is 0 Å². The number of nitrogens with one attached hydrogen (secondary N) is 1. The fourth-order valence-electron chi connectivity index (χ4n) is 3.84. The summed E-state index contributed by atoms with van der Waals surface area (Å²) in [7, 11) is 6.88. The molecular weight excluding hydrogens is 466 g/mol. The van der Waals surface area contributed by atoms with Crippen LogP contribution in [0.3, 0.4) is 0 Å². The highest BCUT2D eigenvalue weighted by Crippen LogP contribution is 2.21. The average Bonchev–Trinajstić information content (AvgIpc) is 2.84. The summed E-state index contributed by atoms with van der Waals surface area (Å²) in [6, 6.07) is 3.79. The average molecular weight is 508 g/mol. The Hall–Kier alpha value is -2.41. The van der Waals surface area contributed by atoms with Gasteiger partial charge in [-0.15, -0.1) is 0 Å². The number of amides is 1. The first-order valence-corrected chi connectivity index (χ1v) is 12.0. The van der Waals surface area contributed by atoms with Gasteiger partial charge in [0.15, 0.2) is 5.69 Å².